The summed E-state index contributed by atoms with van der Waals surface area (Å²) in [6, 6.07) is 0. The minimum atomic E-state index is -0.0724. The van der Waals surface area contributed by atoms with Crippen LogP contribution in [0.15, 0.2) is 11.6 Å². The second-order valence-electron chi connectivity index (χ2n) is 13.1. The fourth-order valence-electron chi connectivity index (χ4n) is 8.98. The summed E-state index contributed by atoms with van der Waals surface area (Å²) >= 11 is 0. The number of aliphatic hydroxyl groups excluding tert-OH is 1. The molecule has 10 atom stereocenters. The summed E-state index contributed by atoms with van der Waals surface area (Å²) in [7, 11) is 0. The van der Waals surface area contributed by atoms with Gasteiger partial charge < -0.3 is 5.11 Å². The Bertz CT molecular complexity index is 649. The van der Waals surface area contributed by atoms with Crippen molar-refractivity contribution >= 4 is 0 Å². The first-order valence-electron chi connectivity index (χ1n) is 13.5. The number of allylic oxidation sites excluding steroid dienone is 2. The van der Waals surface area contributed by atoms with E-state index in [1.54, 1.807) is 0 Å². The molecule has 0 saturated heterocycles. The number of rotatable bonds is 5. The first kappa shape index (κ1) is 22.9. The summed E-state index contributed by atoms with van der Waals surface area (Å²) in [5, 5.41) is 10.5. The van der Waals surface area contributed by atoms with Gasteiger partial charge in [0.1, 0.15) is 0 Å². The summed E-state index contributed by atoms with van der Waals surface area (Å²) in [4.78, 5) is 0. The zero-order valence-electron chi connectivity index (χ0n) is 21.1. The van der Waals surface area contributed by atoms with Crippen LogP contribution < -0.4 is 0 Å². The van der Waals surface area contributed by atoms with Gasteiger partial charge in [0.25, 0.3) is 0 Å². The quantitative estimate of drug-likeness (QED) is 0.454. The Morgan fingerprint density at radius 1 is 0.933 bits per heavy atom. The Morgan fingerprint density at radius 3 is 2.30 bits per heavy atom. The van der Waals surface area contributed by atoms with Gasteiger partial charge in [-0.2, -0.15) is 0 Å². The fourth-order valence-corrected chi connectivity index (χ4v) is 8.98. The lowest BCUT2D eigenvalue weighted by atomic mass is 9.46. The maximum Gasteiger partial charge on any atom is 0.0568 e. The summed E-state index contributed by atoms with van der Waals surface area (Å²) in [6.45, 7) is 17.4. The van der Waals surface area contributed by atoms with Gasteiger partial charge in [-0.05, 0) is 103 Å². The van der Waals surface area contributed by atoms with Gasteiger partial charge in [-0.25, -0.2) is 0 Å². The van der Waals surface area contributed by atoms with E-state index < -0.39 is 0 Å². The van der Waals surface area contributed by atoms with Crippen LogP contribution in [0.4, 0.5) is 0 Å². The van der Waals surface area contributed by atoms with E-state index in [0.29, 0.717) is 22.7 Å². The van der Waals surface area contributed by atoms with Gasteiger partial charge in [-0.15, -0.1) is 0 Å². The lowest BCUT2D eigenvalue weighted by Crippen LogP contribution is -2.52. The third-order valence-corrected chi connectivity index (χ3v) is 11.6. The van der Waals surface area contributed by atoms with Crippen LogP contribution in [0.5, 0.6) is 0 Å². The highest BCUT2D eigenvalue weighted by Crippen LogP contribution is 2.67. The summed E-state index contributed by atoms with van der Waals surface area (Å²) in [6.07, 6.45) is 14.7. The van der Waals surface area contributed by atoms with E-state index in [-0.39, 0.29) is 6.10 Å². The molecule has 0 aromatic rings. The molecule has 0 amide bonds. The van der Waals surface area contributed by atoms with Gasteiger partial charge >= 0.3 is 0 Å². The molecule has 0 aromatic heterocycles. The molecule has 0 aromatic carbocycles. The molecule has 3 saturated carbocycles. The predicted molar refractivity (Wildman–Crippen MR) is 128 cm³/mol. The van der Waals surface area contributed by atoms with E-state index in [0.717, 1.165) is 41.9 Å². The Labute approximate surface area is 187 Å². The van der Waals surface area contributed by atoms with Crippen molar-refractivity contribution in [2.75, 3.05) is 0 Å². The van der Waals surface area contributed by atoms with Gasteiger partial charge in [0.2, 0.25) is 0 Å². The van der Waals surface area contributed by atoms with Crippen molar-refractivity contribution in [2.24, 2.45) is 58.2 Å². The van der Waals surface area contributed by atoms with Gasteiger partial charge in [0.15, 0.2) is 0 Å². The van der Waals surface area contributed by atoms with Gasteiger partial charge in [-0.1, -0.05) is 73.0 Å². The fraction of sp³-hybridized carbons (Fsp3) is 0.931. The standard InChI is InChI=1S/C29H50O/c1-18(2)19(3)8-9-20(4)23-12-13-25-22-10-11-24-21(5)27(30)15-17-29(24,7)26(22)14-16-28(23,25)6/h10,18-21,23-27,30H,8-9,11-17H2,1-7H3/t19-,20+,21-,23+,24-,25?,26?,27-,28+,29-/m0/s1. The van der Waals surface area contributed by atoms with Crippen molar-refractivity contribution in [3.8, 4) is 0 Å². The molecule has 3 fully saturated rings. The van der Waals surface area contributed by atoms with Crippen LogP contribution in [0.1, 0.15) is 106 Å². The van der Waals surface area contributed by atoms with E-state index >= 15 is 0 Å². The van der Waals surface area contributed by atoms with Crippen molar-refractivity contribution in [1.82, 2.24) is 0 Å². The lowest BCUT2D eigenvalue weighted by molar-refractivity contribution is -0.0774. The third-order valence-electron chi connectivity index (χ3n) is 11.6. The predicted octanol–water partition coefficient (Wildman–Crippen LogP) is 7.88. The Balaban J connectivity index is 1.51. The monoisotopic (exact) mass is 414 g/mol. The van der Waals surface area contributed by atoms with E-state index in [4.69, 9.17) is 0 Å². The molecule has 0 radical (unpaired) electrons. The topological polar surface area (TPSA) is 20.2 Å². The van der Waals surface area contributed by atoms with Crippen molar-refractivity contribution < 1.29 is 5.11 Å². The van der Waals surface area contributed by atoms with Gasteiger partial charge in [0, 0.05) is 0 Å². The average molecular weight is 415 g/mol. The molecule has 0 aliphatic heterocycles. The minimum Gasteiger partial charge on any atom is -0.393 e. The first-order valence-corrected chi connectivity index (χ1v) is 13.5. The van der Waals surface area contributed by atoms with Crippen LogP contribution >= 0.6 is 0 Å². The molecule has 4 aliphatic rings. The largest absolute Gasteiger partial charge is 0.393 e. The molecule has 4 rings (SSSR count). The molecule has 0 spiro atoms. The zero-order chi connectivity index (χ0) is 21.8. The maximum atomic E-state index is 10.5. The second kappa shape index (κ2) is 8.24. The molecular weight excluding hydrogens is 364 g/mol. The highest BCUT2D eigenvalue weighted by atomic mass is 16.3. The van der Waals surface area contributed by atoms with Crippen molar-refractivity contribution in [1.29, 1.82) is 0 Å². The third kappa shape index (κ3) is 3.54. The molecule has 1 heteroatoms. The van der Waals surface area contributed by atoms with Crippen molar-refractivity contribution in [3.63, 3.8) is 0 Å². The summed E-state index contributed by atoms with van der Waals surface area (Å²) in [5.74, 6) is 6.25. The molecule has 0 bridgehead atoms. The molecule has 2 unspecified atom stereocenters. The van der Waals surface area contributed by atoms with Crippen molar-refractivity contribution in [3.05, 3.63) is 11.6 Å². The summed E-state index contributed by atoms with van der Waals surface area (Å²) < 4.78 is 0. The molecular formula is C29H50O. The Morgan fingerprint density at radius 2 is 1.60 bits per heavy atom. The second-order valence-corrected chi connectivity index (χ2v) is 13.1. The highest BCUT2D eigenvalue weighted by Gasteiger charge is 2.59. The average Bonchev–Trinajstić information content (AvgIpc) is 3.06. The minimum absolute atomic E-state index is 0.0724. The first-order chi connectivity index (χ1) is 14.1. The molecule has 0 heterocycles. The number of hydrogen-bond donors (Lipinski definition) is 1. The maximum absolute atomic E-state index is 10.5. The SMILES string of the molecule is CC(C)[C@@H](C)CC[C@@H](C)[C@H]1CCC2C3=CC[C@H]4[C@H](C)[C@@H](O)CC[C@]4(C)C3CC[C@@]21C. The van der Waals surface area contributed by atoms with Crippen LogP contribution in [0.25, 0.3) is 0 Å². The van der Waals surface area contributed by atoms with E-state index in [2.05, 4.69) is 54.5 Å². The smallest absolute Gasteiger partial charge is 0.0568 e. The van der Waals surface area contributed by atoms with Crippen LogP contribution in [-0.4, -0.2) is 11.2 Å². The van der Waals surface area contributed by atoms with Crippen LogP contribution in [-0.2, 0) is 0 Å². The molecule has 30 heavy (non-hydrogen) atoms. The van der Waals surface area contributed by atoms with Gasteiger partial charge in [0.05, 0.1) is 6.10 Å². The normalized spacial score (nSPS) is 47.8. The lowest BCUT2D eigenvalue weighted by Gasteiger charge is -2.59. The Hall–Kier alpha value is -0.300. The molecule has 1 N–H and O–H groups in total. The van der Waals surface area contributed by atoms with Gasteiger partial charge in [-0.3, -0.25) is 0 Å². The van der Waals surface area contributed by atoms with Crippen LogP contribution in [0.3, 0.4) is 0 Å². The highest BCUT2D eigenvalue weighted by molar-refractivity contribution is 5.28. The van der Waals surface area contributed by atoms with E-state index in [1.165, 1.54) is 51.4 Å². The molecule has 4 aliphatic carbocycles. The summed E-state index contributed by atoms with van der Waals surface area (Å²) in [5.41, 5.74) is 2.84. The number of hydrogen-bond acceptors (Lipinski definition) is 1. The number of fused-ring (bicyclic) bond motifs is 5. The molecule has 172 valence electrons. The van der Waals surface area contributed by atoms with Crippen molar-refractivity contribution in [2.45, 2.75) is 112 Å². The van der Waals surface area contributed by atoms with Crippen LogP contribution in [0.2, 0.25) is 0 Å². The Kier molecular flexibility index (Phi) is 6.28. The molecule has 1 nitrogen and oxygen atoms in total. The number of aliphatic hydroxyl groups is 1. The van der Waals surface area contributed by atoms with E-state index in [1.807, 2.05) is 5.57 Å². The zero-order valence-corrected chi connectivity index (χ0v) is 21.1. The van der Waals surface area contributed by atoms with E-state index in [9.17, 15) is 5.11 Å². The van der Waals surface area contributed by atoms with Crippen LogP contribution in [0, 0.1) is 58.2 Å².